The van der Waals surface area contributed by atoms with Gasteiger partial charge in [0.1, 0.15) is 12.6 Å². The summed E-state index contributed by atoms with van der Waals surface area (Å²) in [7, 11) is 0. The summed E-state index contributed by atoms with van der Waals surface area (Å²) in [4.78, 5) is 38.3. The molecule has 5 rings (SSSR count). The standard InChI is InChI=1S/C25H26N2O5/c28-23(29)10-9-22(24(30)27-12-15-11-16(15)13-27)26-25(31)32-14-21-19-7-3-1-5-17(19)18-6-2-4-8-20(18)21/h1-8,15-16,21-22H,9-14H2,(H,26,31)(H,28,29). The molecular weight excluding hydrogens is 408 g/mol. The highest BCUT2D eigenvalue weighted by Crippen LogP contribution is 2.45. The van der Waals surface area contributed by atoms with Crippen LogP contribution in [-0.4, -0.2) is 53.7 Å². The van der Waals surface area contributed by atoms with E-state index in [4.69, 9.17) is 9.84 Å². The van der Waals surface area contributed by atoms with Gasteiger partial charge in [-0.2, -0.15) is 0 Å². The number of ether oxygens (including phenoxy) is 1. The topological polar surface area (TPSA) is 95.9 Å². The Morgan fingerprint density at radius 1 is 1.00 bits per heavy atom. The number of carbonyl (C=O) groups excluding carboxylic acids is 2. The van der Waals surface area contributed by atoms with Crippen molar-refractivity contribution < 1.29 is 24.2 Å². The summed E-state index contributed by atoms with van der Waals surface area (Å²) < 4.78 is 5.55. The molecular formula is C25H26N2O5. The summed E-state index contributed by atoms with van der Waals surface area (Å²) in [5.74, 6) is -0.164. The Labute approximate surface area is 186 Å². The molecule has 1 aliphatic heterocycles. The first kappa shape index (κ1) is 20.5. The van der Waals surface area contributed by atoms with E-state index < -0.39 is 18.1 Å². The van der Waals surface area contributed by atoms with Gasteiger partial charge in [0.05, 0.1) is 0 Å². The van der Waals surface area contributed by atoms with Gasteiger partial charge in [0.2, 0.25) is 5.91 Å². The SMILES string of the molecule is O=C(O)CCC(NC(=O)OCC1c2ccccc2-c2ccccc21)C(=O)N1CC2CC2C1. The number of fused-ring (bicyclic) bond motifs is 4. The van der Waals surface area contributed by atoms with E-state index in [1.807, 2.05) is 36.4 Å². The highest BCUT2D eigenvalue weighted by Gasteiger charge is 2.47. The van der Waals surface area contributed by atoms with Crippen LogP contribution in [0.4, 0.5) is 4.79 Å². The highest BCUT2D eigenvalue weighted by atomic mass is 16.5. The van der Waals surface area contributed by atoms with Gasteiger partial charge in [0, 0.05) is 25.4 Å². The summed E-state index contributed by atoms with van der Waals surface area (Å²) >= 11 is 0. The molecule has 0 spiro atoms. The predicted octanol–water partition coefficient (Wildman–Crippen LogP) is 3.24. The van der Waals surface area contributed by atoms with Crippen molar-refractivity contribution in [2.75, 3.05) is 19.7 Å². The molecule has 2 amide bonds. The number of alkyl carbamates (subject to hydrolysis) is 1. The van der Waals surface area contributed by atoms with Crippen LogP contribution in [-0.2, 0) is 14.3 Å². The van der Waals surface area contributed by atoms with Crippen molar-refractivity contribution in [2.45, 2.75) is 31.2 Å². The molecule has 0 radical (unpaired) electrons. The molecule has 3 aliphatic rings. The first-order valence-corrected chi connectivity index (χ1v) is 11.1. The van der Waals surface area contributed by atoms with E-state index in [1.54, 1.807) is 4.90 Å². The van der Waals surface area contributed by atoms with E-state index in [1.165, 1.54) is 0 Å². The minimum Gasteiger partial charge on any atom is -0.481 e. The summed E-state index contributed by atoms with van der Waals surface area (Å²) in [5, 5.41) is 11.7. The van der Waals surface area contributed by atoms with Crippen LogP contribution >= 0.6 is 0 Å². The quantitative estimate of drug-likeness (QED) is 0.698. The average Bonchev–Trinajstić information content (AvgIpc) is 3.27. The molecule has 32 heavy (non-hydrogen) atoms. The van der Waals surface area contributed by atoms with Gasteiger partial charge in [-0.25, -0.2) is 4.79 Å². The number of amides is 2. The zero-order chi connectivity index (χ0) is 22.2. The fraction of sp³-hybridized carbons (Fsp3) is 0.400. The van der Waals surface area contributed by atoms with Crippen molar-refractivity contribution in [3.05, 3.63) is 59.7 Å². The Morgan fingerprint density at radius 3 is 2.19 bits per heavy atom. The van der Waals surface area contributed by atoms with Gasteiger partial charge in [-0.05, 0) is 46.9 Å². The second-order valence-electron chi connectivity index (χ2n) is 8.95. The molecule has 3 unspecified atom stereocenters. The maximum atomic E-state index is 12.9. The summed E-state index contributed by atoms with van der Waals surface area (Å²) in [6.45, 7) is 1.53. The fourth-order valence-corrected chi connectivity index (χ4v) is 5.11. The number of benzene rings is 2. The molecule has 166 valence electrons. The fourth-order valence-electron chi connectivity index (χ4n) is 5.11. The molecule has 2 aromatic carbocycles. The molecule has 1 saturated carbocycles. The van der Waals surface area contributed by atoms with Gasteiger partial charge >= 0.3 is 12.1 Å². The van der Waals surface area contributed by atoms with Crippen molar-refractivity contribution in [3.8, 4) is 11.1 Å². The first-order chi connectivity index (χ1) is 15.5. The molecule has 0 aromatic heterocycles. The van der Waals surface area contributed by atoms with Gasteiger partial charge in [0.25, 0.3) is 0 Å². The third kappa shape index (κ3) is 3.95. The minimum absolute atomic E-state index is 0.0458. The number of carboxylic acid groups (broad SMARTS) is 1. The molecule has 0 bridgehead atoms. The lowest BCUT2D eigenvalue weighted by atomic mass is 9.98. The smallest absolute Gasteiger partial charge is 0.407 e. The summed E-state index contributed by atoms with van der Waals surface area (Å²) in [5.41, 5.74) is 4.49. The Balaban J connectivity index is 1.24. The van der Waals surface area contributed by atoms with Crippen LogP contribution in [0.2, 0.25) is 0 Å². The second kappa shape index (κ2) is 8.30. The van der Waals surface area contributed by atoms with Gasteiger partial charge in [-0.15, -0.1) is 0 Å². The van der Waals surface area contributed by atoms with Crippen LogP contribution in [0.15, 0.2) is 48.5 Å². The molecule has 3 atom stereocenters. The van der Waals surface area contributed by atoms with Crippen LogP contribution in [0.1, 0.15) is 36.3 Å². The Hall–Kier alpha value is -3.35. The van der Waals surface area contributed by atoms with E-state index in [-0.39, 0.29) is 31.3 Å². The number of hydrogen-bond donors (Lipinski definition) is 2. The van der Waals surface area contributed by atoms with Gasteiger partial charge in [0.15, 0.2) is 0 Å². The average molecular weight is 434 g/mol. The number of likely N-dealkylation sites (tertiary alicyclic amines) is 1. The first-order valence-electron chi connectivity index (χ1n) is 11.1. The molecule has 2 fully saturated rings. The summed E-state index contributed by atoms with van der Waals surface area (Å²) in [6.07, 6.45) is 0.314. The number of nitrogens with one attached hydrogen (secondary N) is 1. The van der Waals surface area contributed by atoms with E-state index in [0.717, 1.165) is 28.7 Å². The zero-order valence-corrected chi connectivity index (χ0v) is 17.7. The minimum atomic E-state index is -0.999. The third-order valence-corrected chi connectivity index (χ3v) is 6.87. The molecule has 1 saturated heterocycles. The number of carbonyl (C=O) groups is 3. The highest BCUT2D eigenvalue weighted by molar-refractivity contribution is 5.86. The largest absolute Gasteiger partial charge is 0.481 e. The van der Waals surface area contributed by atoms with Crippen LogP contribution in [0, 0.1) is 11.8 Å². The number of aliphatic carboxylic acids is 1. The number of nitrogens with zero attached hydrogens (tertiary/aromatic N) is 1. The maximum absolute atomic E-state index is 12.9. The van der Waals surface area contributed by atoms with E-state index >= 15 is 0 Å². The van der Waals surface area contributed by atoms with Crippen LogP contribution in [0.5, 0.6) is 0 Å². The molecule has 2 aliphatic carbocycles. The lowest BCUT2D eigenvalue weighted by Gasteiger charge is -2.25. The normalized spacial score (nSPS) is 21.3. The zero-order valence-electron chi connectivity index (χ0n) is 17.7. The Bertz CT molecular complexity index is 1010. The molecule has 2 aromatic rings. The summed E-state index contributed by atoms with van der Waals surface area (Å²) in [6, 6.07) is 15.2. The van der Waals surface area contributed by atoms with E-state index in [9.17, 15) is 14.4 Å². The lowest BCUT2D eigenvalue weighted by molar-refractivity contribution is -0.138. The Morgan fingerprint density at radius 2 is 1.59 bits per heavy atom. The number of hydrogen-bond acceptors (Lipinski definition) is 4. The number of carboxylic acids is 1. The predicted molar refractivity (Wildman–Crippen MR) is 117 cm³/mol. The maximum Gasteiger partial charge on any atom is 0.407 e. The molecule has 2 N–H and O–H groups in total. The van der Waals surface area contributed by atoms with Gasteiger partial charge < -0.3 is 20.1 Å². The number of rotatable bonds is 7. The molecule has 7 heteroatoms. The van der Waals surface area contributed by atoms with E-state index in [0.29, 0.717) is 24.9 Å². The van der Waals surface area contributed by atoms with Crippen molar-refractivity contribution in [2.24, 2.45) is 11.8 Å². The monoisotopic (exact) mass is 434 g/mol. The van der Waals surface area contributed by atoms with Crippen molar-refractivity contribution in [1.82, 2.24) is 10.2 Å². The molecule has 1 heterocycles. The van der Waals surface area contributed by atoms with Gasteiger partial charge in [-0.3, -0.25) is 9.59 Å². The van der Waals surface area contributed by atoms with Crippen LogP contribution < -0.4 is 5.32 Å². The van der Waals surface area contributed by atoms with Crippen LogP contribution in [0.3, 0.4) is 0 Å². The van der Waals surface area contributed by atoms with Gasteiger partial charge in [-0.1, -0.05) is 48.5 Å². The third-order valence-electron chi connectivity index (χ3n) is 6.87. The van der Waals surface area contributed by atoms with Crippen LogP contribution in [0.25, 0.3) is 11.1 Å². The number of piperidine rings is 1. The molecule has 7 nitrogen and oxygen atoms in total. The van der Waals surface area contributed by atoms with E-state index in [2.05, 4.69) is 17.4 Å². The Kier molecular flexibility index (Phi) is 5.33. The lowest BCUT2D eigenvalue weighted by Crippen LogP contribution is -2.48. The van der Waals surface area contributed by atoms with Crippen molar-refractivity contribution in [1.29, 1.82) is 0 Å². The van der Waals surface area contributed by atoms with Crippen molar-refractivity contribution >= 4 is 18.0 Å². The van der Waals surface area contributed by atoms with Crippen molar-refractivity contribution in [3.63, 3.8) is 0 Å². The second-order valence-corrected chi connectivity index (χ2v) is 8.95.